The van der Waals surface area contributed by atoms with Crippen LogP contribution in [0.3, 0.4) is 0 Å². The van der Waals surface area contributed by atoms with Crippen LogP contribution >= 0.6 is 0 Å². The Balaban J connectivity index is 2.67. The highest BCUT2D eigenvalue weighted by atomic mass is 32.2. The molecule has 1 heterocycles. The van der Waals surface area contributed by atoms with Crippen molar-refractivity contribution in [2.24, 2.45) is 0 Å². The Morgan fingerprint density at radius 2 is 2.06 bits per heavy atom. The predicted molar refractivity (Wildman–Crippen MR) is 68.7 cm³/mol. The Hall–Kier alpha value is -0.660. The molecular formula is C11H22N2O4S. The third kappa shape index (κ3) is 4.22. The topological polar surface area (TPSA) is 66.9 Å². The minimum Gasteiger partial charge on any atom is -0.369 e. The van der Waals surface area contributed by atoms with Gasteiger partial charge in [-0.2, -0.15) is 4.31 Å². The minimum absolute atomic E-state index is 0.0405. The van der Waals surface area contributed by atoms with E-state index >= 15 is 0 Å². The number of nitrogens with zero attached hydrogens (tertiary/aromatic N) is 2. The lowest BCUT2D eigenvalue weighted by Gasteiger charge is -2.42. The van der Waals surface area contributed by atoms with Crippen molar-refractivity contribution < 1.29 is 17.9 Å². The van der Waals surface area contributed by atoms with Crippen molar-refractivity contribution in [3.8, 4) is 0 Å². The molecule has 1 aliphatic heterocycles. The number of sulfonamides is 1. The van der Waals surface area contributed by atoms with Crippen LogP contribution in [0.1, 0.15) is 20.8 Å². The molecule has 1 amide bonds. The van der Waals surface area contributed by atoms with Gasteiger partial charge in [0.05, 0.1) is 24.5 Å². The standard InChI is InChI=1S/C11H22N2O4S/c1-9-6-13(8-11(2,3)17-9)10(14)7-12(4)18(5,15)16/h9H,6-8H2,1-5H3. The first-order valence-electron chi connectivity index (χ1n) is 5.88. The number of carbonyl (C=O) groups excluding carboxylic acids is 1. The summed E-state index contributed by atoms with van der Waals surface area (Å²) in [5.74, 6) is -0.189. The van der Waals surface area contributed by atoms with E-state index in [9.17, 15) is 13.2 Å². The molecule has 0 aromatic rings. The molecule has 18 heavy (non-hydrogen) atoms. The van der Waals surface area contributed by atoms with Crippen molar-refractivity contribution in [1.29, 1.82) is 0 Å². The fourth-order valence-electron chi connectivity index (χ4n) is 2.05. The van der Waals surface area contributed by atoms with Gasteiger partial charge in [0, 0.05) is 20.1 Å². The second kappa shape index (κ2) is 5.14. The van der Waals surface area contributed by atoms with E-state index in [-0.39, 0.29) is 18.6 Å². The second-order valence-electron chi connectivity index (χ2n) is 5.48. The number of ether oxygens (including phenoxy) is 1. The molecule has 1 unspecified atom stereocenters. The van der Waals surface area contributed by atoms with E-state index in [1.807, 2.05) is 20.8 Å². The third-order valence-electron chi connectivity index (χ3n) is 2.85. The third-order valence-corrected chi connectivity index (χ3v) is 4.11. The molecule has 106 valence electrons. The number of amides is 1. The molecule has 0 aliphatic carbocycles. The zero-order valence-electron chi connectivity index (χ0n) is 11.6. The summed E-state index contributed by atoms with van der Waals surface area (Å²) in [7, 11) is -1.92. The first-order chi connectivity index (χ1) is 8.01. The summed E-state index contributed by atoms with van der Waals surface area (Å²) in [5, 5.41) is 0. The average molecular weight is 278 g/mol. The number of rotatable bonds is 3. The quantitative estimate of drug-likeness (QED) is 0.723. The van der Waals surface area contributed by atoms with Crippen molar-refractivity contribution in [2.75, 3.05) is 32.9 Å². The molecule has 1 atom stereocenters. The lowest BCUT2D eigenvalue weighted by atomic mass is 10.1. The SMILES string of the molecule is CC1CN(C(=O)CN(C)S(C)(=O)=O)CC(C)(C)O1. The molecule has 0 bridgehead atoms. The summed E-state index contributed by atoms with van der Waals surface area (Å²) in [6.45, 7) is 6.60. The molecule has 1 fully saturated rings. The zero-order chi connectivity index (χ0) is 14.1. The Labute approximate surface area is 109 Å². The number of likely N-dealkylation sites (N-methyl/N-ethyl adjacent to an activating group) is 1. The molecule has 6 nitrogen and oxygen atoms in total. The van der Waals surface area contributed by atoms with Gasteiger partial charge < -0.3 is 9.64 Å². The minimum atomic E-state index is -3.32. The predicted octanol–water partition coefficient (Wildman–Crippen LogP) is -0.0963. The van der Waals surface area contributed by atoms with E-state index < -0.39 is 15.6 Å². The number of morpholine rings is 1. The Kier molecular flexibility index (Phi) is 4.40. The van der Waals surface area contributed by atoms with Gasteiger partial charge in [-0.25, -0.2) is 8.42 Å². The summed E-state index contributed by atoms with van der Waals surface area (Å²) in [5.41, 5.74) is -0.392. The van der Waals surface area contributed by atoms with E-state index in [1.165, 1.54) is 7.05 Å². The van der Waals surface area contributed by atoms with E-state index in [0.29, 0.717) is 13.1 Å². The largest absolute Gasteiger partial charge is 0.369 e. The molecule has 0 aromatic heterocycles. The van der Waals surface area contributed by atoms with Gasteiger partial charge in [0.15, 0.2) is 0 Å². The number of hydrogen-bond acceptors (Lipinski definition) is 4. The molecule has 0 N–H and O–H groups in total. The first-order valence-corrected chi connectivity index (χ1v) is 7.73. The Bertz CT molecular complexity index is 419. The van der Waals surface area contributed by atoms with E-state index in [0.717, 1.165) is 10.6 Å². The van der Waals surface area contributed by atoms with Crippen molar-refractivity contribution in [1.82, 2.24) is 9.21 Å². The molecule has 1 aliphatic rings. The highest BCUT2D eigenvalue weighted by molar-refractivity contribution is 7.88. The summed E-state index contributed by atoms with van der Waals surface area (Å²) in [6, 6.07) is 0. The second-order valence-corrected chi connectivity index (χ2v) is 7.57. The van der Waals surface area contributed by atoms with Gasteiger partial charge in [0.2, 0.25) is 15.9 Å². The zero-order valence-corrected chi connectivity index (χ0v) is 12.5. The highest BCUT2D eigenvalue weighted by Gasteiger charge is 2.34. The summed E-state index contributed by atoms with van der Waals surface area (Å²) in [4.78, 5) is 13.7. The van der Waals surface area contributed by atoms with Crippen LogP contribution in [0, 0.1) is 0 Å². The lowest BCUT2D eigenvalue weighted by molar-refractivity contribution is -0.158. The van der Waals surface area contributed by atoms with Crippen LogP contribution in [0.15, 0.2) is 0 Å². The Morgan fingerprint density at radius 1 is 1.50 bits per heavy atom. The van der Waals surface area contributed by atoms with Crippen LogP contribution in [0.4, 0.5) is 0 Å². The molecule has 7 heteroatoms. The van der Waals surface area contributed by atoms with Crippen LogP contribution in [-0.2, 0) is 19.6 Å². The molecule has 0 saturated carbocycles. The van der Waals surface area contributed by atoms with E-state index in [4.69, 9.17) is 4.74 Å². The maximum Gasteiger partial charge on any atom is 0.238 e. The van der Waals surface area contributed by atoms with Gasteiger partial charge >= 0.3 is 0 Å². The van der Waals surface area contributed by atoms with Crippen LogP contribution in [0.25, 0.3) is 0 Å². The van der Waals surface area contributed by atoms with Gasteiger partial charge in [-0.15, -0.1) is 0 Å². The monoisotopic (exact) mass is 278 g/mol. The van der Waals surface area contributed by atoms with Gasteiger partial charge in [0.25, 0.3) is 0 Å². The maximum atomic E-state index is 12.1. The van der Waals surface area contributed by atoms with E-state index in [2.05, 4.69) is 0 Å². The van der Waals surface area contributed by atoms with Crippen molar-refractivity contribution in [3.63, 3.8) is 0 Å². The summed E-state index contributed by atoms with van der Waals surface area (Å²) < 4.78 is 29.3. The average Bonchev–Trinajstić information content (AvgIpc) is 2.12. The van der Waals surface area contributed by atoms with Crippen molar-refractivity contribution in [3.05, 3.63) is 0 Å². The van der Waals surface area contributed by atoms with Gasteiger partial charge in [-0.05, 0) is 20.8 Å². The van der Waals surface area contributed by atoms with Gasteiger partial charge in [0.1, 0.15) is 0 Å². The summed E-state index contributed by atoms with van der Waals surface area (Å²) in [6.07, 6.45) is 1.05. The van der Waals surface area contributed by atoms with Gasteiger partial charge in [-0.3, -0.25) is 4.79 Å². The fraction of sp³-hybridized carbons (Fsp3) is 0.909. The number of hydrogen-bond donors (Lipinski definition) is 0. The number of carbonyl (C=O) groups is 1. The molecule has 0 aromatic carbocycles. The van der Waals surface area contributed by atoms with Crippen LogP contribution < -0.4 is 0 Å². The van der Waals surface area contributed by atoms with Crippen molar-refractivity contribution >= 4 is 15.9 Å². The van der Waals surface area contributed by atoms with Crippen LogP contribution in [0.5, 0.6) is 0 Å². The highest BCUT2D eigenvalue weighted by Crippen LogP contribution is 2.20. The molecule has 0 spiro atoms. The maximum absolute atomic E-state index is 12.1. The first kappa shape index (κ1) is 15.4. The smallest absolute Gasteiger partial charge is 0.238 e. The normalized spacial score (nSPS) is 24.3. The Morgan fingerprint density at radius 3 is 2.50 bits per heavy atom. The van der Waals surface area contributed by atoms with Crippen LogP contribution in [0.2, 0.25) is 0 Å². The van der Waals surface area contributed by atoms with E-state index in [1.54, 1.807) is 4.90 Å². The molecular weight excluding hydrogens is 256 g/mol. The lowest BCUT2D eigenvalue weighted by Crippen LogP contribution is -2.55. The molecule has 1 saturated heterocycles. The molecule has 1 rings (SSSR count). The summed E-state index contributed by atoms with van der Waals surface area (Å²) >= 11 is 0. The van der Waals surface area contributed by atoms with Gasteiger partial charge in [-0.1, -0.05) is 0 Å². The molecule has 0 radical (unpaired) electrons. The van der Waals surface area contributed by atoms with Crippen molar-refractivity contribution in [2.45, 2.75) is 32.5 Å². The van der Waals surface area contributed by atoms with Crippen LogP contribution in [-0.4, -0.2) is 68.2 Å². The fourth-order valence-corrected chi connectivity index (χ4v) is 2.40.